The minimum absolute atomic E-state index is 0.0209. The molecule has 0 aromatic rings. The van der Waals surface area contributed by atoms with Crippen molar-refractivity contribution in [3.05, 3.63) is 0 Å². The Hall–Kier alpha value is -0.850. The average molecular weight is 311 g/mol. The maximum absolute atomic E-state index is 11.4. The van der Waals surface area contributed by atoms with Crippen LogP contribution in [0.1, 0.15) is 13.3 Å². The third kappa shape index (κ3) is 3.87. The molecular formula is C11H21NO9. The van der Waals surface area contributed by atoms with Crippen molar-refractivity contribution in [2.75, 3.05) is 13.2 Å². The molecule has 10 nitrogen and oxygen atoms in total. The zero-order valence-electron chi connectivity index (χ0n) is 11.5. The molecule has 21 heavy (non-hydrogen) atoms. The lowest BCUT2D eigenvalue weighted by atomic mass is 9.89. The monoisotopic (exact) mass is 311 g/mol. The lowest BCUT2D eigenvalue weighted by Gasteiger charge is -2.44. The first-order valence-corrected chi connectivity index (χ1v) is 6.41. The number of carbonyl (C=O) groups is 1. The fourth-order valence-electron chi connectivity index (χ4n) is 1.98. The zero-order valence-corrected chi connectivity index (χ0v) is 11.5. The topological polar surface area (TPSA) is 172 Å². The van der Waals surface area contributed by atoms with Crippen molar-refractivity contribution >= 4 is 5.97 Å². The van der Waals surface area contributed by atoms with Crippen LogP contribution in [-0.4, -0.2) is 81.0 Å². The minimum atomic E-state index is -2.37. The molecule has 0 amide bonds. The van der Waals surface area contributed by atoms with Crippen molar-refractivity contribution in [2.45, 2.75) is 49.6 Å². The van der Waals surface area contributed by atoms with Crippen molar-refractivity contribution < 1.29 is 44.8 Å². The van der Waals surface area contributed by atoms with Crippen LogP contribution < -0.4 is 5.73 Å². The number of carboxylic acid groups (broad SMARTS) is 1. The zero-order chi connectivity index (χ0) is 16.2. The molecule has 0 aromatic carbocycles. The summed E-state index contributed by atoms with van der Waals surface area (Å²) < 4.78 is 5.15. The molecule has 0 aromatic heterocycles. The lowest BCUT2D eigenvalue weighted by Crippen LogP contribution is -2.66. The summed E-state index contributed by atoms with van der Waals surface area (Å²) in [5, 5.41) is 47.2. The Bertz CT molecular complexity index is 355. The number of aliphatic carboxylic acids is 1. The molecule has 1 aliphatic heterocycles. The van der Waals surface area contributed by atoms with Gasteiger partial charge in [0.05, 0.1) is 25.4 Å². The lowest BCUT2D eigenvalue weighted by molar-refractivity contribution is -0.440. The quantitative estimate of drug-likeness (QED) is 0.209. The van der Waals surface area contributed by atoms with E-state index in [1.807, 2.05) is 0 Å². The molecule has 10 heteroatoms. The van der Waals surface area contributed by atoms with E-state index in [0.717, 1.165) is 0 Å². The van der Waals surface area contributed by atoms with Gasteiger partial charge in [-0.25, -0.2) is 9.68 Å². The third-order valence-corrected chi connectivity index (χ3v) is 3.18. The van der Waals surface area contributed by atoms with Crippen LogP contribution in [0.4, 0.5) is 0 Å². The van der Waals surface area contributed by atoms with Crippen LogP contribution in [0.2, 0.25) is 0 Å². The molecule has 1 fully saturated rings. The van der Waals surface area contributed by atoms with E-state index in [1.54, 1.807) is 6.92 Å². The number of nitrogens with two attached hydrogens (primary N) is 1. The summed E-state index contributed by atoms with van der Waals surface area (Å²) in [7, 11) is 0. The highest BCUT2D eigenvalue weighted by Crippen LogP contribution is 2.32. The molecular weight excluding hydrogens is 290 g/mol. The minimum Gasteiger partial charge on any atom is -0.477 e. The number of aliphatic hydroxyl groups excluding tert-OH is 4. The van der Waals surface area contributed by atoms with Crippen molar-refractivity contribution in [1.82, 2.24) is 0 Å². The highest BCUT2D eigenvalue weighted by molar-refractivity contribution is 5.75. The Morgan fingerprint density at radius 3 is 2.62 bits per heavy atom. The van der Waals surface area contributed by atoms with Crippen LogP contribution in [0, 0.1) is 0 Å². The number of rotatable bonds is 7. The number of hydrogen-bond donors (Lipinski definition) is 6. The number of aliphatic hydroxyl groups is 4. The SMILES string of the molecule is CCOOC1(C(=O)O)C[C@H](O)[C@@H](N)[C@H](C(O)C(O)CO)O1. The van der Waals surface area contributed by atoms with Crippen molar-refractivity contribution in [3.63, 3.8) is 0 Å². The smallest absolute Gasteiger partial charge is 0.367 e. The first-order chi connectivity index (χ1) is 9.79. The van der Waals surface area contributed by atoms with Gasteiger partial charge >= 0.3 is 11.8 Å². The molecule has 0 bridgehead atoms. The number of carboxylic acids is 1. The Labute approximate surface area is 120 Å². The Morgan fingerprint density at radius 2 is 2.14 bits per heavy atom. The van der Waals surface area contributed by atoms with Crippen LogP contribution in [0.3, 0.4) is 0 Å². The van der Waals surface area contributed by atoms with E-state index in [9.17, 15) is 25.2 Å². The fourth-order valence-corrected chi connectivity index (χ4v) is 1.98. The Kier molecular flexibility index (Phi) is 6.43. The highest BCUT2D eigenvalue weighted by Gasteiger charge is 2.55. The predicted molar refractivity (Wildman–Crippen MR) is 65.6 cm³/mol. The average Bonchev–Trinajstić information content (AvgIpc) is 2.46. The molecule has 0 aliphatic carbocycles. The van der Waals surface area contributed by atoms with Gasteiger partial charge in [-0.2, -0.15) is 4.89 Å². The first kappa shape index (κ1) is 18.2. The summed E-state index contributed by atoms with van der Waals surface area (Å²) in [5.74, 6) is -3.95. The second-order valence-corrected chi connectivity index (χ2v) is 4.72. The first-order valence-electron chi connectivity index (χ1n) is 6.41. The molecule has 1 rings (SSSR count). The highest BCUT2D eigenvalue weighted by atomic mass is 17.2. The van der Waals surface area contributed by atoms with Gasteiger partial charge in [0.25, 0.3) is 0 Å². The van der Waals surface area contributed by atoms with Crippen LogP contribution in [0.25, 0.3) is 0 Å². The van der Waals surface area contributed by atoms with Gasteiger partial charge in [0.15, 0.2) is 0 Å². The molecule has 124 valence electrons. The van der Waals surface area contributed by atoms with Crippen molar-refractivity contribution in [2.24, 2.45) is 5.73 Å². The molecule has 0 saturated carbocycles. The summed E-state index contributed by atoms with van der Waals surface area (Å²) in [6, 6.07) is -1.18. The van der Waals surface area contributed by atoms with Gasteiger partial charge in [-0.15, -0.1) is 0 Å². The van der Waals surface area contributed by atoms with Gasteiger partial charge in [0.2, 0.25) is 0 Å². The molecule has 3 unspecified atom stereocenters. The third-order valence-electron chi connectivity index (χ3n) is 3.18. The molecule has 1 heterocycles. The van der Waals surface area contributed by atoms with Gasteiger partial charge in [-0.3, -0.25) is 0 Å². The predicted octanol–water partition coefficient (Wildman–Crippen LogP) is -3.07. The fraction of sp³-hybridized carbons (Fsp3) is 0.909. The van der Waals surface area contributed by atoms with E-state index < -0.39 is 55.2 Å². The molecule has 6 atom stereocenters. The molecule has 0 spiro atoms. The second kappa shape index (κ2) is 7.42. The largest absolute Gasteiger partial charge is 0.477 e. The molecule has 1 aliphatic rings. The maximum Gasteiger partial charge on any atom is 0.367 e. The van der Waals surface area contributed by atoms with E-state index >= 15 is 0 Å². The Balaban J connectivity index is 3.00. The summed E-state index contributed by atoms with van der Waals surface area (Å²) >= 11 is 0. The summed E-state index contributed by atoms with van der Waals surface area (Å²) in [6.07, 6.45) is -6.73. The van der Waals surface area contributed by atoms with Crippen LogP contribution in [0.15, 0.2) is 0 Å². The van der Waals surface area contributed by atoms with E-state index in [1.165, 1.54) is 0 Å². The van der Waals surface area contributed by atoms with E-state index in [-0.39, 0.29) is 6.61 Å². The van der Waals surface area contributed by atoms with Crippen molar-refractivity contribution in [3.8, 4) is 0 Å². The molecule has 1 saturated heterocycles. The summed E-state index contributed by atoms with van der Waals surface area (Å²) in [6.45, 7) is 0.769. The Morgan fingerprint density at radius 1 is 1.52 bits per heavy atom. The van der Waals surface area contributed by atoms with Gasteiger partial charge in [0.1, 0.15) is 18.3 Å². The van der Waals surface area contributed by atoms with Gasteiger partial charge in [-0.1, -0.05) is 0 Å². The normalized spacial score (nSPS) is 36.2. The second-order valence-electron chi connectivity index (χ2n) is 4.72. The summed E-state index contributed by atoms with van der Waals surface area (Å²) in [5.41, 5.74) is 5.65. The van der Waals surface area contributed by atoms with E-state index in [0.29, 0.717) is 0 Å². The standard InChI is InChI=1S/C11H21NO9/c1-2-19-21-11(10(17)18)3-5(14)7(12)9(20-11)8(16)6(15)4-13/h5-9,13-16H,2-4,12H2,1H3,(H,17,18)/t5-,6?,7+,8?,9+,11?/m0/s1. The van der Waals surface area contributed by atoms with Crippen LogP contribution in [0.5, 0.6) is 0 Å². The van der Waals surface area contributed by atoms with Gasteiger partial charge in [0, 0.05) is 6.42 Å². The maximum atomic E-state index is 11.4. The van der Waals surface area contributed by atoms with Crippen LogP contribution in [-0.2, 0) is 19.3 Å². The molecule has 0 radical (unpaired) electrons. The molecule has 7 N–H and O–H groups in total. The van der Waals surface area contributed by atoms with E-state index in [2.05, 4.69) is 4.89 Å². The number of ether oxygens (including phenoxy) is 1. The summed E-state index contributed by atoms with van der Waals surface area (Å²) in [4.78, 5) is 20.7. The van der Waals surface area contributed by atoms with Crippen molar-refractivity contribution in [1.29, 1.82) is 0 Å². The van der Waals surface area contributed by atoms with Gasteiger partial charge < -0.3 is 36.0 Å². The van der Waals surface area contributed by atoms with Gasteiger partial charge in [-0.05, 0) is 6.92 Å². The number of hydrogen-bond acceptors (Lipinski definition) is 9. The van der Waals surface area contributed by atoms with E-state index in [4.69, 9.17) is 20.5 Å². The van der Waals surface area contributed by atoms with Crippen LogP contribution >= 0.6 is 0 Å².